The molecule has 3 N–H and O–H groups in total. The molecule has 2 heterocycles. The number of aryl methyl sites for hydroxylation is 1. The molecule has 0 spiro atoms. The van der Waals surface area contributed by atoms with Crippen LogP contribution in [-0.4, -0.2) is 20.9 Å². The zero-order chi connectivity index (χ0) is 16.1. The standard InChI is InChI=1S/C15H18N4O3/c1-9(11-5-7-16-8-6-11)17-13(20)4-3-12-10(2)18-15(22)19-14(12)21/h5-9H,3-4H2,1-2H3,(H,17,20)(H2,18,19,21,22)/t9-/m1/s1. The Bertz CT molecular complexity index is 764. The second kappa shape index (κ2) is 6.84. The maximum atomic E-state index is 12.0. The smallest absolute Gasteiger partial charge is 0.325 e. The summed E-state index contributed by atoms with van der Waals surface area (Å²) in [5.41, 5.74) is 0.884. The van der Waals surface area contributed by atoms with Gasteiger partial charge in [0.1, 0.15) is 0 Å². The summed E-state index contributed by atoms with van der Waals surface area (Å²) in [7, 11) is 0. The highest BCUT2D eigenvalue weighted by atomic mass is 16.2. The molecular formula is C15H18N4O3. The molecule has 0 aliphatic rings. The molecule has 0 bridgehead atoms. The zero-order valence-electron chi connectivity index (χ0n) is 12.5. The van der Waals surface area contributed by atoms with E-state index < -0.39 is 11.2 Å². The number of aromatic nitrogens is 3. The van der Waals surface area contributed by atoms with E-state index in [1.54, 1.807) is 19.3 Å². The number of pyridine rings is 1. The summed E-state index contributed by atoms with van der Waals surface area (Å²) in [6.45, 7) is 3.52. The molecule has 2 rings (SSSR count). The van der Waals surface area contributed by atoms with Crippen LogP contribution in [0.1, 0.15) is 36.2 Å². The molecule has 2 aromatic heterocycles. The first-order valence-electron chi connectivity index (χ1n) is 6.98. The number of hydrogen-bond donors (Lipinski definition) is 3. The van der Waals surface area contributed by atoms with Gasteiger partial charge in [0, 0.05) is 30.1 Å². The number of hydrogen-bond acceptors (Lipinski definition) is 4. The molecule has 116 valence electrons. The van der Waals surface area contributed by atoms with Crippen molar-refractivity contribution in [2.45, 2.75) is 32.7 Å². The van der Waals surface area contributed by atoms with Crippen LogP contribution in [0.5, 0.6) is 0 Å². The third kappa shape index (κ3) is 3.91. The third-order valence-electron chi connectivity index (χ3n) is 3.44. The summed E-state index contributed by atoms with van der Waals surface area (Å²) in [5.74, 6) is -0.158. The Morgan fingerprint density at radius 3 is 2.59 bits per heavy atom. The van der Waals surface area contributed by atoms with Crippen molar-refractivity contribution in [3.8, 4) is 0 Å². The summed E-state index contributed by atoms with van der Waals surface area (Å²) in [4.78, 5) is 43.4. The molecule has 7 nitrogen and oxygen atoms in total. The number of nitrogens with one attached hydrogen (secondary N) is 3. The molecule has 7 heteroatoms. The molecule has 1 atom stereocenters. The van der Waals surface area contributed by atoms with Crippen molar-refractivity contribution in [1.29, 1.82) is 0 Å². The van der Waals surface area contributed by atoms with Crippen LogP contribution in [0.25, 0.3) is 0 Å². The Hall–Kier alpha value is -2.70. The summed E-state index contributed by atoms with van der Waals surface area (Å²) >= 11 is 0. The molecule has 22 heavy (non-hydrogen) atoms. The van der Waals surface area contributed by atoms with Crippen molar-refractivity contribution in [2.24, 2.45) is 0 Å². The number of amides is 1. The lowest BCUT2D eigenvalue weighted by Crippen LogP contribution is -2.30. The van der Waals surface area contributed by atoms with E-state index >= 15 is 0 Å². The van der Waals surface area contributed by atoms with E-state index in [4.69, 9.17) is 0 Å². The molecule has 0 aromatic carbocycles. The van der Waals surface area contributed by atoms with Crippen molar-refractivity contribution in [1.82, 2.24) is 20.3 Å². The molecule has 2 aromatic rings. The van der Waals surface area contributed by atoms with E-state index in [2.05, 4.69) is 20.3 Å². The lowest BCUT2D eigenvalue weighted by molar-refractivity contribution is -0.121. The largest absolute Gasteiger partial charge is 0.350 e. The number of carbonyl (C=O) groups is 1. The minimum atomic E-state index is -0.540. The van der Waals surface area contributed by atoms with Crippen molar-refractivity contribution in [3.63, 3.8) is 0 Å². The average molecular weight is 302 g/mol. The van der Waals surface area contributed by atoms with Crippen LogP contribution >= 0.6 is 0 Å². The van der Waals surface area contributed by atoms with E-state index in [0.717, 1.165) is 5.56 Å². The van der Waals surface area contributed by atoms with E-state index in [-0.39, 0.29) is 24.8 Å². The van der Waals surface area contributed by atoms with E-state index in [1.165, 1.54) is 0 Å². The fraction of sp³-hybridized carbons (Fsp3) is 0.333. The lowest BCUT2D eigenvalue weighted by Gasteiger charge is -2.14. The fourth-order valence-electron chi connectivity index (χ4n) is 2.21. The predicted octanol–water partition coefficient (Wildman–Crippen LogP) is 0.577. The van der Waals surface area contributed by atoms with Crippen LogP contribution in [0.2, 0.25) is 0 Å². The quantitative estimate of drug-likeness (QED) is 0.750. The molecule has 0 fully saturated rings. The Labute approximate surface area is 126 Å². The normalized spacial score (nSPS) is 11.9. The van der Waals surface area contributed by atoms with Gasteiger partial charge < -0.3 is 10.3 Å². The van der Waals surface area contributed by atoms with E-state index in [1.807, 2.05) is 19.1 Å². The van der Waals surface area contributed by atoms with Crippen LogP contribution in [0, 0.1) is 6.92 Å². The van der Waals surface area contributed by atoms with Gasteiger partial charge in [-0.1, -0.05) is 0 Å². The number of H-pyrrole nitrogens is 2. The van der Waals surface area contributed by atoms with Gasteiger partial charge in [-0.15, -0.1) is 0 Å². The Kier molecular flexibility index (Phi) is 4.88. The van der Waals surface area contributed by atoms with Crippen molar-refractivity contribution < 1.29 is 4.79 Å². The van der Waals surface area contributed by atoms with Crippen molar-refractivity contribution >= 4 is 5.91 Å². The lowest BCUT2D eigenvalue weighted by atomic mass is 10.1. The Morgan fingerprint density at radius 1 is 1.27 bits per heavy atom. The van der Waals surface area contributed by atoms with Crippen LogP contribution < -0.4 is 16.6 Å². The molecule has 0 saturated heterocycles. The van der Waals surface area contributed by atoms with E-state index in [9.17, 15) is 14.4 Å². The summed E-state index contributed by atoms with van der Waals surface area (Å²) in [6.07, 6.45) is 3.78. The first-order chi connectivity index (χ1) is 10.5. The summed E-state index contributed by atoms with van der Waals surface area (Å²) < 4.78 is 0. The Balaban J connectivity index is 1.96. The van der Waals surface area contributed by atoms with Crippen LogP contribution in [0.3, 0.4) is 0 Å². The molecule has 0 aliphatic heterocycles. The van der Waals surface area contributed by atoms with Crippen LogP contribution in [0.15, 0.2) is 34.1 Å². The number of aromatic amines is 2. The van der Waals surface area contributed by atoms with Gasteiger partial charge in [0.15, 0.2) is 0 Å². The second-order valence-corrected chi connectivity index (χ2v) is 5.08. The topological polar surface area (TPSA) is 108 Å². The molecule has 0 aliphatic carbocycles. The first-order valence-corrected chi connectivity index (χ1v) is 6.98. The Morgan fingerprint density at radius 2 is 1.95 bits per heavy atom. The first kappa shape index (κ1) is 15.7. The summed E-state index contributed by atoms with van der Waals surface area (Å²) in [5, 5.41) is 2.87. The van der Waals surface area contributed by atoms with Gasteiger partial charge >= 0.3 is 5.69 Å². The minimum Gasteiger partial charge on any atom is -0.350 e. The number of nitrogens with zero attached hydrogens (tertiary/aromatic N) is 1. The number of carbonyl (C=O) groups excluding carboxylic acids is 1. The SMILES string of the molecule is Cc1[nH]c(=O)[nH]c(=O)c1CCC(=O)N[C@H](C)c1ccncc1. The van der Waals surface area contributed by atoms with Gasteiger partial charge in [-0.3, -0.25) is 19.6 Å². The third-order valence-corrected chi connectivity index (χ3v) is 3.44. The zero-order valence-corrected chi connectivity index (χ0v) is 12.5. The maximum absolute atomic E-state index is 12.0. The highest BCUT2D eigenvalue weighted by molar-refractivity contribution is 5.76. The van der Waals surface area contributed by atoms with Gasteiger partial charge in [-0.25, -0.2) is 4.79 Å². The second-order valence-electron chi connectivity index (χ2n) is 5.08. The monoisotopic (exact) mass is 302 g/mol. The highest BCUT2D eigenvalue weighted by Crippen LogP contribution is 2.10. The molecular weight excluding hydrogens is 284 g/mol. The van der Waals surface area contributed by atoms with Crippen molar-refractivity contribution in [2.75, 3.05) is 0 Å². The van der Waals surface area contributed by atoms with Crippen molar-refractivity contribution in [3.05, 3.63) is 62.2 Å². The molecule has 0 radical (unpaired) electrons. The summed E-state index contributed by atoms with van der Waals surface area (Å²) in [6, 6.07) is 3.54. The molecule has 0 unspecified atom stereocenters. The molecule has 0 saturated carbocycles. The minimum absolute atomic E-state index is 0.134. The van der Waals surface area contributed by atoms with Gasteiger partial charge in [0.25, 0.3) is 5.56 Å². The van der Waals surface area contributed by atoms with Crippen LogP contribution in [0.4, 0.5) is 0 Å². The number of rotatable bonds is 5. The van der Waals surface area contributed by atoms with Gasteiger partial charge in [0.05, 0.1) is 6.04 Å². The fourth-order valence-corrected chi connectivity index (χ4v) is 2.21. The van der Waals surface area contributed by atoms with E-state index in [0.29, 0.717) is 11.3 Å². The van der Waals surface area contributed by atoms with Crippen LogP contribution in [-0.2, 0) is 11.2 Å². The van der Waals surface area contributed by atoms with Gasteiger partial charge in [-0.2, -0.15) is 0 Å². The maximum Gasteiger partial charge on any atom is 0.325 e. The predicted molar refractivity (Wildman–Crippen MR) is 81.5 cm³/mol. The van der Waals surface area contributed by atoms with Gasteiger partial charge in [-0.05, 0) is 38.0 Å². The average Bonchev–Trinajstić information content (AvgIpc) is 2.47. The highest BCUT2D eigenvalue weighted by Gasteiger charge is 2.12. The molecule has 1 amide bonds. The van der Waals surface area contributed by atoms with Gasteiger partial charge in [0.2, 0.25) is 5.91 Å².